The first-order valence-electron chi connectivity index (χ1n) is 10.8. The van der Waals surface area contributed by atoms with Crippen LogP contribution in [0.3, 0.4) is 0 Å². The highest BCUT2D eigenvalue weighted by Gasteiger charge is 2.25. The number of rotatable bonds is 6. The minimum absolute atomic E-state index is 0.0609. The van der Waals surface area contributed by atoms with E-state index in [4.69, 9.17) is 4.74 Å². The number of aryl methyl sites for hydroxylation is 3. The van der Waals surface area contributed by atoms with Crippen molar-refractivity contribution in [2.24, 2.45) is 0 Å². The van der Waals surface area contributed by atoms with Crippen molar-refractivity contribution in [3.63, 3.8) is 0 Å². The molecule has 1 aliphatic heterocycles. The van der Waals surface area contributed by atoms with E-state index in [1.807, 2.05) is 45.0 Å². The summed E-state index contributed by atoms with van der Waals surface area (Å²) in [4.78, 5) is 15.1. The summed E-state index contributed by atoms with van der Waals surface area (Å²) in [5.41, 5.74) is 5.19. The first-order valence-corrected chi connectivity index (χ1v) is 11.7. The lowest BCUT2D eigenvalue weighted by Gasteiger charge is -2.28. The number of thioether (sulfide) groups is 1. The SMILES string of the molecule is Cc1ccc(NC(=O)C(C)Sc2nnc(N3CCOCC3)n2-c2ccccc2C)c(C)c1. The number of para-hydroxylation sites is 1. The quantitative estimate of drug-likeness (QED) is 0.568. The van der Waals surface area contributed by atoms with Crippen molar-refractivity contribution in [2.75, 3.05) is 36.5 Å². The maximum Gasteiger partial charge on any atom is 0.237 e. The summed E-state index contributed by atoms with van der Waals surface area (Å²) in [6, 6.07) is 14.2. The summed E-state index contributed by atoms with van der Waals surface area (Å²) in [7, 11) is 0. The maximum absolute atomic E-state index is 13.0. The summed E-state index contributed by atoms with van der Waals surface area (Å²) >= 11 is 1.41. The highest BCUT2D eigenvalue weighted by Crippen LogP contribution is 2.31. The summed E-state index contributed by atoms with van der Waals surface area (Å²) < 4.78 is 7.57. The van der Waals surface area contributed by atoms with Gasteiger partial charge in [-0.05, 0) is 51.0 Å². The number of anilines is 2. The van der Waals surface area contributed by atoms with Gasteiger partial charge in [-0.2, -0.15) is 0 Å². The molecule has 1 N–H and O–H groups in total. The van der Waals surface area contributed by atoms with Crippen molar-refractivity contribution in [1.29, 1.82) is 0 Å². The van der Waals surface area contributed by atoms with Crippen LogP contribution in [0.4, 0.5) is 11.6 Å². The molecule has 1 aliphatic rings. The monoisotopic (exact) mass is 451 g/mol. The van der Waals surface area contributed by atoms with Gasteiger partial charge in [-0.15, -0.1) is 10.2 Å². The molecule has 3 aromatic rings. The van der Waals surface area contributed by atoms with Crippen LogP contribution in [0.5, 0.6) is 0 Å². The maximum atomic E-state index is 13.0. The second-order valence-corrected chi connectivity index (χ2v) is 9.38. The van der Waals surface area contributed by atoms with Crippen LogP contribution in [0.15, 0.2) is 47.6 Å². The zero-order valence-electron chi connectivity index (χ0n) is 19.0. The number of aromatic nitrogens is 3. The number of morpholine rings is 1. The highest BCUT2D eigenvalue weighted by atomic mass is 32.2. The Bertz CT molecular complexity index is 1110. The number of carbonyl (C=O) groups is 1. The third-order valence-electron chi connectivity index (χ3n) is 5.56. The molecule has 0 spiro atoms. The average Bonchev–Trinajstić information content (AvgIpc) is 3.19. The van der Waals surface area contributed by atoms with Crippen molar-refractivity contribution in [2.45, 2.75) is 38.1 Å². The average molecular weight is 452 g/mol. The number of amides is 1. The van der Waals surface area contributed by atoms with Gasteiger partial charge in [0.05, 0.1) is 24.2 Å². The Morgan fingerprint density at radius 2 is 1.81 bits per heavy atom. The van der Waals surface area contributed by atoms with E-state index >= 15 is 0 Å². The molecule has 1 amide bonds. The predicted molar refractivity (Wildman–Crippen MR) is 129 cm³/mol. The summed E-state index contributed by atoms with van der Waals surface area (Å²) in [6.07, 6.45) is 0. The lowest BCUT2D eigenvalue weighted by molar-refractivity contribution is -0.115. The lowest BCUT2D eigenvalue weighted by Crippen LogP contribution is -2.38. The van der Waals surface area contributed by atoms with Gasteiger partial charge < -0.3 is 15.0 Å². The van der Waals surface area contributed by atoms with Gasteiger partial charge in [0.15, 0.2) is 5.16 Å². The molecule has 2 aromatic carbocycles. The second kappa shape index (κ2) is 9.75. The summed E-state index contributed by atoms with van der Waals surface area (Å²) in [6.45, 7) is 10.9. The molecule has 1 fully saturated rings. The van der Waals surface area contributed by atoms with E-state index in [9.17, 15) is 4.79 Å². The fourth-order valence-corrected chi connectivity index (χ4v) is 4.59. The van der Waals surface area contributed by atoms with Crippen LogP contribution in [0, 0.1) is 20.8 Å². The van der Waals surface area contributed by atoms with Crippen LogP contribution < -0.4 is 10.2 Å². The Morgan fingerprint density at radius 1 is 1.06 bits per heavy atom. The molecule has 168 valence electrons. The molecular formula is C24H29N5O2S. The predicted octanol–water partition coefficient (Wildman–Crippen LogP) is 4.15. The van der Waals surface area contributed by atoms with Gasteiger partial charge in [-0.3, -0.25) is 9.36 Å². The number of carbonyl (C=O) groups excluding carboxylic acids is 1. The first-order chi connectivity index (χ1) is 15.4. The van der Waals surface area contributed by atoms with Gasteiger partial charge >= 0.3 is 0 Å². The summed E-state index contributed by atoms with van der Waals surface area (Å²) in [5.74, 6) is 0.723. The molecule has 0 bridgehead atoms. The molecule has 1 saturated heterocycles. The molecule has 32 heavy (non-hydrogen) atoms. The van der Waals surface area contributed by atoms with Gasteiger partial charge in [0.25, 0.3) is 0 Å². The van der Waals surface area contributed by atoms with Gasteiger partial charge in [-0.1, -0.05) is 47.7 Å². The molecule has 8 heteroatoms. The van der Waals surface area contributed by atoms with Crippen molar-refractivity contribution in [1.82, 2.24) is 14.8 Å². The smallest absolute Gasteiger partial charge is 0.237 e. The molecule has 0 radical (unpaired) electrons. The largest absolute Gasteiger partial charge is 0.378 e. The fraction of sp³-hybridized carbons (Fsp3) is 0.375. The standard InChI is InChI=1S/C24H29N5O2S/c1-16-9-10-20(18(3)15-16)25-22(30)19(4)32-24-27-26-23(28-11-13-31-14-12-28)29(24)21-8-6-5-7-17(21)2/h5-10,15,19H,11-14H2,1-4H3,(H,25,30). The molecule has 1 aromatic heterocycles. The molecule has 7 nitrogen and oxygen atoms in total. The van der Waals surface area contributed by atoms with Crippen LogP contribution in [0.1, 0.15) is 23.6 Å². The Kier molecular flexibility index (Phi) is 6.81. The Morgan fingerprint density at radius 3 is 2.53 bits per heavy atom. The van der Waals surface area contributed by atoms with Crippen LogP contribution in [0.25, 0.3) is 5.69 Å². The Balaban J connectivity index is 1.60. The van der Waals surface area contributed by atoms with Crippen molar-refractivity contribution < 1.29 is 9.53 Å². The van der Waals surface area contributed by atoms with E-state index in [1.165, 1.54) is 17.3 Å². The Hall–Kier alpha value is -2.84. The van der Waals surface area contributed by atoms with Crippen LogP contribution >= 0.6 is 11.8 Å². The number of nitrogens with zero attached hydrogens (tertiary/aromatic N) is 4. The molecular weight excluding hydrogens is 422 g/mol. The minimum Gasteiger partial charge on any atom is -0.378 e. The van der Waals surface area contributed by atoms with E-state index in [0.29, 0.717) is 18.4 Å². The molecule has 0 aliphatic carbocycles. The van der Waals surface area contributed by atoms with Gasteiger partial charge in [0, 0.05) is 18.8 Å². The molecule has 1 unspecified atom stereocenters. The number of ether oxygens (including phenoxy) is 1. The number of benzene rings is 2. The first kappa shape index (κ1) is 22.4. The topological polar surface area (TPSA) is 72.3 Å². The normalized spacial score (nSPS) is 14.9. The fourth-order valence-electron chi connectivity index (χ4n) is 3.73. The van der Waals surface area contributed by atoms with E-state index < -0.39 is 0 Å². The third kappa shape index (κ3) is 4.81. The van der Waals surface area contributed by atoms with Crippen LogP contribution in [0.2, 0.25) is 0 Å². The third-order valence-corrected chi connectivity index (χ3v) is 6.60. The van der Waals surface area contributed by atoms with E-state index in [1.54, 1.807) is 0 Å². The zero-order chi connectivity index (χ0) is 22.7. The highest BCUT2D eigenvalue weighted by molar-refractivity contribution is 8.00. The minimum atomic E-state index is -0.347. The van der Waals surface area contributed by atoms with E-state index in [2.05, 4.69) is 50.1 Å². The number of hydrogen-bond acceptors (Lipinski definition) is 6. The van der Waals surface area contributed by atoms with Crippen LogP contribution in [-0.4, -0.2) is 52.2 Å². The molecule has 4 rings (SSSR count). The van der Waals surface area contributed by atoms with Crippen LogP contribution in [-0.2, 0) is 9.53 Å². The van der Waals surface area contributed by atoms with Gasteiger partial charge in [0.2, 0.25) is 11.9 Å². The lowest BCUT2D eigenvalue weighted by atomic mass is 10.1. The van der Waals surface area contributed by atoms with Crippen molar-refractivity contribution in [3.05, 3.63) is 59.2 Å². The molecule has 1 atom stereocenters. The van der Waals surface area contributed by atoms with E-state index in [-0.39, 0.29) is 11.2 Å². The Labute approximate surface area is 193 Å². The summed E-state index contributed by atoms with van der Waals surface area (Å²) in [5, 5.41) is 12.4. The van der Waals surface area contributed by atoms with Crippen molar-refractivity contribution >= 4 is 29.3 Å². The second-order valence-electron chi connectivity index (χ2n) is 8.07. The van der Waals surface area contributed by atoms with E-state index in [0.717, 1.165) is 41.5 Å². The van der Waals surface area contributed by atoms with Crippen molar-refractivity contribution in [3.8, 4) is 5.69 Å². The van der Waals surface area contributed by atoms with Gasteiger partial charge in [0.1, 0.15) is 0 Å². The zero-order valence-corrected chi connectivity index (χ0v) is 19.8. The number of nitrogens with one attached hydrogen (secondary N) is 1. The number of hydrogen-bond donors (Lipinski definition) is 1. The van der Waals surface area contributed by atoms with Gasteiger partial charge in [-0.25, -0.2) is 0 Å². The molecule has 2 heterocycles. The molecule has 0 saturated carbocycles.